The molecule has 1 heteroatoms. The highest BCUT2D eigenvalue weighted by molar-refractivity contribution is 4.94. The fourth-order valence-electron chi connectivity index (χ4n) is 4.26. The van der Waals surface area contributed by atoms with Gasteiger partial charge >= 0.3 is 0 Å². The third-order valence-corrected chi connectivity index (χ3v) is 7.09. The molecular formula is C26H55N. The van der Waals surface area contributed by atoms with Crippen LogP contribution in [0, 0.1) is 11.8 Å². The molecule has 2 unspecified atom stereocenters. The summed E-state index contributed by atoms with van der Waals surface area (Å²) in [6.45, 7) is 19.2. The van der Waals surface area contributed by atoms with Gasteiger partial charge in [-0.25, -0.2) is 0 Å². The SMILES string of the molecule is CCCCCCCCC(C)C(C)(C)NC(C)(C)C(C)CCCCCCCC. The topological polar surface area (TPSA) is 12.0 Å². The van der Waals surface area contributed by atoms with Crippen molar-refractivity contribution in [1.29, 1.82) is 0 Å². The Balaban J connectivity index is 4.20. The fourth-order valence-corrected chi connectivity index (χ4v) is 4.26. The second-order valence-corrected chi connectivity index (χ2v) is 10.5. The molecule has 0 aromatic carbocycles. The van der Waals surface area contributed by atoms with Crippen molar-refractivity contribution in [3.63, 3.8) is 0 Å². The van der Waals surface area contributed by atoms with E-state index in [0.717, 1.165) is 11.8 Å². The summed E-state index contributed by atoms with van der Waals surface area (Å²) in [6, 6.07) is 0. The lowest BCUT2D eigenvalue weighted by atomic mass is 9.78. The summed E-state index contributed by atoms with van der Waals surface area (Å²) in [5.41, 5.74) is 0.421. The predicted molar refractivity (Wildman–Crippen MR) is 126 cm³/mol. The molecule has 0 bridgehead atoms. The van der Waals surface area contributed by atoms with Gasteiger partial charge in [-0.2, -0.15) is 0 Å². The summed E-state index contributed by atoms with van der Waals surface area (Å²) in [6.07, 6.45) is 19.5. The maximum Gasteiger partial charge on any atom is 0.0155 e. The lowest BCUT2D eigenvalue weighted by Crippen LogP contribution is -2.57. The molecule has 1 N–H and O–H groups in total. The van der Waals surface area contributed by atoms with Crippen LogP contribution >= 0.6 is 0 Å². The molecule has 0 radical (unpaired) electrons. The van der Waals surface area contributed by atoms with Crippen LogP contribution in [0.3, 0.4) is 0 Å². The average Bonchev–Trinajstić information content (AvgIpc) is 2.59. The van der Waals surface area contributed by atoms with Crippen molar-refractivity contribution < 1.29 is 0 Å². The fraction of sp³-hybridized carbons (Fsp3) is 1.00. The second-order valence-electron chi connectivity index (χ2n) is 10.5. The van der Waals surface area contributed by atoms with Gasteiger partial charge in [0, 0.05) is 11.1 Å². The third kappa shape index (κ3) is 12.9. The number of rotatable bonds is 18. The number of hydrogen-bond donors (Lipinski definition) is 1. The molecule has 2 atom stereocenters. The largest absolute Gasteiger partial charge is 0.306 e. The first-order valence-corrected chi connectivity index (χ1v) is 12.5. The molecule has 0 aromatic heterocycles. The highest BCUT2D eigenvalue weighted by atomic mass is 15.0. The maximum absolute atomic E-state index is 4.05. The summed E-state index contributed by atoms with van der Waals surface area (Å²) >= 11 is 0. The first-order chi connectivity index (χ1) is 12.7. The van der Waals surface area contributed by atoms with E-state index in [1.54, 1.807) is 0 Å². The molecule has 0 saturated carbocycles. The van der Waals surface area contributed by atoms with E-state index >= 15 is 0 Å². The molecule has 0 aliphatic heterocycles. The molecule has 0 amide bonds. The molecule has 0 spiro atoms. The summed E-state index contributed by atoms with van der Waals surface area (Å²) in [5.74, 6) is 1.45. The van der Waals surface area contributed by atoms with Crippen LogP contribution in [0.5, 0.6) is 0 Å². The minimum Gasteiger partial charge on any atom is -0.306 e. The highest BCUT2D eigenvalue weighted by Gasteiger charge is 2.34. The Morgan fingerprint density at radius 1 is 0.519 bits per heavy atom. The van der Waals surface area contributed by atoms with Crippen molar-refractivity contribution in [3.8, 4) is 0 Å². The molecule has 0 aliphatic carbocycles. The van der Waals surface area contributed by atoms with Crippen LogP contribution < -0.4 is 5.32 Å². The van der Waals surface area contributed by atoms with Crippen LogP contribution in [0.4, 0.5) is 0 Å². The molecule has 0 heterocycles. The van der Waals surface area contributed by atoms with E-state index < -0.39 is 0 Å². The van der Waals surface area contributed by atoms with Crippen molar-refractivity contribution in [2.24, 2.45) is 11.8 Å². The zero-order chi connectivity index (χ0) is 20.8. The van der Waals surface area contributed by atoms with Crippen molar-refractivity contribution >= 4 is 0 Å². The van der Waals surface area contributed by atoms with Gasteiger partial charge in [0.25, 0.3) is 0 Å². The van der Waals surface area contributed by atoms with Crippen LogP contribution in [-0.2, 0) is 0 Å². The van der Waals surface area contributed by atoms with Gasteiger partial charge in [-0.1, -0.05) is 105 Å². The third-order valence-electron chi connectivity index (χ3n) is 7.09. The molecular weight excluding hydrogens is 326 g/mol. The minimum absolute atomic E-state index is 0.211. The Kier molecular flexibility index (Phi) is 14.9. The number of hydrogen-bond acceptors (Lipinski definition) is 1. The lowest BCUT2D eigenvalue weighted by molar-refractivity contribution is 0.142. The molecule has 164 valence electrons. The van der Waals surface area contributed by atoms with Crippen molar-refractivity contribution in [1.82, 2.24) is 5.32 Å². The monoisotopic (exact) mass is 381 g/mol. The zero-order valence-electron chi connectivity index (χ0n) is 20.6. The zero-order valence-corrected chi connectivity index (χ0v) is 20.6. The van der Waals surface area contributed by atoms with Gasteiger partial charge in [-0.05, 0) is 52.4 Å². The normalized spacial score (nSPS) is 15.1. The van der Waals surface area contributed by atoms with E-state index in [1.165, 1.54) is 89.9 Å². The van der Waals surface area contributed by atoms with E-state index in [2.05, 4.69) is 60.7 Å². The summed E-state index contributed by atoms with van der Waals surface area (Å²) in [5, 5.41) is 4.05. The van der Waals surface area contributed by atoms with Gasteiger partial charge in [-0.15, -0.1) is 0 Å². The van der Waals surface area contributed by atoms with Crippen LogP contribution in [0.1, 0.15) is 145 Å². The van der Waals surface area contributed by atoms with Crippen molar-refractivity contribution in [2.45, 2.75) is 156 Å². The standard InChI is InChI=1S/C26H55N/c1-9-11-13-15-17-19-21-23(3)25(5,6)27-26(7,8)24(4)22-20-18-16-14-12-10-2/h23-24,27H,9-22H2,1-8H3. The molecule has 0 aromatic rings. The van der Waals surface area contributed by atoms with E-state index in [-0.39, 0.29) is 11.1 Å². The minimum atomic E-state index is 0.211. The van der Waals surface area contributed by atoms with Gasteiger partial charge in [0.05, 0.1) is 0 Å². The van der Waals surface area contributed by atoms with Gasteiger partial charge in [-0.3, -0.25) is 0 Å². The van der Waals surface area contributed by atoms with Crippen LogP contribution in [0.15, 0.2) is 0 Å². The quantitative estimate of drug-likeness (QED) is 0.234. The number of unbranched alkanes of at least 4 members (excludes halogenated alkanes) is 10. The smallest absolute Gasteiger partial charge is 0.0155 e. The number of nitrogens with one attached hydrogen (secondary N) is 1. The lowest BCUT2D eigenvalue weighted by Gasteiger charge is -2.44. The van der Waals surface area contributed by atoms with Crippen LogP contribution in [-0.4, -0.2) is 11.1 Å². The van der Waals surface area contributed by atoms with E-state index in [0.29, 0.717) is 0 Å². The van der Waals surface area contributed by atoms with Crippen LogP contribution in [0.25, 0.3) is 0 Å². The van der Waals surface area contributed by atoms with Gasteiger partial charge in [0.15, 0.2) is 0 Å². The van der Waals surface area contributed by atoms with Gasteiger partial charge < -0.3 is 5.32 Å². The van der Waals surface area contributed by atoms with Crippen molar-refractivity contribution in [3.05, 3.63) is 0 Å². The predicted octanol–water partition coefficient (Wildman–Crippen LogP) is 8.91. The maximum atomic E-state index is 4.05. The molecule has 0 aliphatic rings. The summed E-state index contributed by atoms with van der Waals surface area (Å²) in [7, 11) is 0. The van der Waals surface area contributed by atoms with E-state index in [4.69, 9.17) is 0 Å². The van der Waals surface area contributed by atoms with E-state index in [1.807, 2.05) is 0 Å². The van der Waals surface area contributed by atoms with Gasteiger partial charge in [0.1, 0.15) is 0 Å². The highest BCUT2D eigenvalue weighted by Crippen LogP contribution is 2.30. The van der Waals surface area contributed by atoms with E-state index in [9.17, 15) is 0 Å². The summed E-state index contributed by atoms with van der Waals surface area (Å²) < 4.78 is 0. The first kappa shape index (κ1) is 27.0. The van der Waals surface area contributed by atoms with Crippen LogP contribution in [0.2, 0.25) is 0 Å². The Morgan fingerprint density at radius 3 is 1.15 bits per heavy atom. The molecule has 0 saturated heterocycles. The van der Waals surface area contributed by atoms with Gasteiger partial charge in [0.2, 0.25) is 0 Å². The Morgan fingerprint density at radius 2 is 0.815 bits per heavy atom. The van der Waals surface area contributed by atoms with Crippen molar-refractivity contribution in [2.75, 3.05) is 0 Å². The first-order valence-electron chi connectivity index (χ1n) is 12.5. The summed E-state index contributed by atoms with van der Waals surface area (Å²) in [4.78, 5) is 0. The average molecular weight is 382 g/mol. The Hall–Kier alpha value is -0.0400. The molecule has 0 rings (SSSR count). The Labute approximate surface area is 173 Å². The Bertz CT molecular complexity index is 299. The molecule has 1 nitrogen and oxygen atoms in total. The molecule has 0 fully saturated rings. The molecule has 27 heavy (non-hydrogen) atoms. The second kappa shape index (κ2) is 14.9.